The summed E-state index contributed by atoms with van der Waals surface area (Å²) >= 11 is 3.49. The molecule has 0 bridgehead atoms. The molecule has 0 saturated carbocycles. The first-order chi connectivity index (χ1) is 16.3. The van der Waals surface area contributed by atoms with E-state index >= 15 is 0 Å². The Morgan fingerprint density at radius 3 is 2.50 bits per heavy atom. The van der Waals surface area contributed by atoms with Crippen molar-refractivity contribution >= 4 is 33.9 Å². The SMILES string of the molecule is COc1cc(/C=C2/NC(=O)N(Cc3ccc(C)cc3)C2=O)c(Br)cc1OCc1cccc(F)c1. The summed E-state index contributed by atoms with van der Waals surface area (Å²) in [4.78, 5) is 26.5. The van der Waals surface area contributed by atoms with Gasteiger partial charge in [0.1, 0.15) is 18.1 Å². The topological polar surface area (TPSA) is 67.9 Å². The van der Waals surface area contributed by atoms with E-state index in [2.05, 4.69) is 21.2 Å². The van der Waals surface area contributed by atoms with Crippen molar-refractivity contribution in [1.29, 1.82) is 0 Å². The first-order valence-electron chi connectivity index (χ1n) is 10.5. The zero-order chi connectivity index (χ0) is 24.2. The third kappa shape index (κ3) is 5.28. The third-order valence-corrected chi connectivity index (χ3v) is 5.98. The molecule has 4 rings (SSSR count). The monoisotopic (exact) mass is 524 g/mol. The lowest BCUT2D eigenvalue weighted by Crippen LogP contribution is -2.30. The minimum absolute atomic E-state index is 0.156. The lowest BCUT2D eigenvalue weighted by atomic mass is 10.1. The summed E-state index contributed by atoms with van der Waals surface area (Å²) in [5, 5.41) is 2.64. The van der Waals surface area contributed by atoms with Crippen LogP contribution in [0.2, 0.25) is 0 Å². The minimum atomic E-state index is -0.477. The van der Waals surface area contributed by atoms with Crippen LogP contribution in [0, 0.1) is 12.7 Å². The number of carbonyl (C=O) groups is 2. The number of halogens is 2. The van der Waals surface area contributed by atoms with Crippen LogP contribution in [0.1, 0.15) is 22.3 Å². The molecule has 6 nitrogen and oxygen atoms in total. The average molecular weight is 525 g/mol. The number of urea groups is 1. The molecule has 0 aromatic heterocycles. The zero-order valence-corrected chi connectivity index (χ0v) is 20.2. The van der Waals surface area contributed by atoms with Crippen molar-refractivity contribution in [2.45, 2.75) is 20.1 Å². The highest BCUT2D eigenvalue weighted by molar-refractivity contribution is 9.10. The molecule has 174 valence electrons. The Morgan fingerprint density at radius 2 is 1.79 bits per heavy atom. The summed E-state index contributed by atoms with van der Waals surface area (Å²) in [6, 6.07) is 16.7. The normalized spacial score (nSPS) is 14.5. The first kappa shape index (κ1) is 23.5. The Hall–Kier alpha value is -3.65. The fraction of sp³-hybridized carbons (Fsp3) is 0.154. The molecule has 1 N–H and O–H groups in total. The van der Waals surface area contributed by atoms with E-state index in [4.69, 9.17) is 9.47 Å². The van der Waals surface area contributed by atoms with Gasteiger partial charge in [0.2, 0.25) is 0 Å². The highest BCUT2D eigenvalue weighted by atomic mass is 79.9. The molecule has 1 aliphatic rings. The second-order valence-electron chi connectivity index (χ2n) is 7.81. The second-order valence-corrected chi connectivity index (χ2v) is 8.66. The van der Waals surface area contributed by atoms with Crippen LogP contribution in [0.4, 0.5) is 9.18 Å². The first-order valence-corrected chi connectivity index (χ1v) is 11.3. The van der Waals surface area contributed by atoms with Crippen LogP contribution < -0.4 is 14.8 Å². The largest absolute Gasteiger partial charge is 0.493 e. The number of carbonyl (C=O) groups excluding carboxylic acids is 2. The lowest BCUT2D eigenvalue weighted by molar-refractivity contribution is -0.123. The van der Waals surface area contributed by atoms with Crippen molar-refractivity contribution in [2.24, 2.45) is 0 Å². The summed E-state index contributed by atoms with van der Waals surface area (Å²) in [5.41, 5.74) is 3.42. The summed E-state index contributed by atoms with van der Waals surface area (Å²) in [6.07, 6.45) is 1.58. The number of nitrogens with zero attached hydrogens (tertiary/aromatic N) is 1. The Labute approximate surface area is 205 Å². The van der Waals surface area contributed by atoms with Crippen molar-refractivity contribution in [3.63, 3.8) is 0 Å². The van der Waals surface area contributed by atoms with Gasteiger partial charge in [-0.15, -0.1) is 0 Å². The van der Waals surface area contributed by atoms with Crippen LogP contribution in [-0.2, 0) is 17.9 Å². The van der Waals surface area contributed by atoms with E-state index in [0.717, 1.165) is 16.0 Å². The number of benzene rings is 3. The van der Waals surface area contributed by atoms with Crippen molar-refractivity contribution in [2.75, 3.05) is 7.11 Å². The molecule has 34 heavy (non-hydrogen) atoms. The molecule has 1 saturated heterocycles. The Bertz CT molecular complexity index is 1270. The quantitative estimate of drug-likeness (QED) is 0.323. The standard InChI is InChI=1S/C26H22BrFN2O4/c1-16-6-8-17(9-7-16)14-30-25(31)22(29-26(30)32)11-19-12-23(33-2)24(13-21(19)27)34-15-18-4-3-5-20(28)10-18/h3-13H,14-15H2,1-2H3,(H,29,32)/b22-11+. The van der Waals surface area contributed by atoms with E-state index in [1.165, 1.54) is 19.2 Å². The fourth-order valence-electron chi connectivity index (χ4n) is 3.47. The van der Waals surface area contributed by atoms with Gasteiger partial charge in [-0.25, -0.2) is 9.18 Å². The lowest BCUT2D eigenvalue weighted by Gasteiger charge is -2.13. The van der Waals surface area contributed by atoms with E-state index in [1.54, 1.807) is 30.3 Å². The van der Waals surface area contributed by atoms with E-state index < -0.39 is 11.9 Å². The molecule has 1 fully saturated rings. The summed E-state index contributed by atoms with van der Waals surface area (Å²) in [6.45, 7) is 2.31. The number of ether oxygens (including phenoxy) is 2. The van der Waals surface area contributed by atoms with Crippen molar-refractivity contribution in [3.8, 4) is 11.5 Å². The number of nitrogens with one attached hydrogen (secondary N) is 1. The Balaban J connectivity index is 1.53. The number of hydrogen-bond acceptors (Lipinski definition) is 4. The van der Waals surface area contributed by atoms with E-state index in [0.29, 0.717) is 27.1 Å². The number of hydrogen-bond donors (Lipinski definition) is 1. The number of amides is 3. The van der Waals surface area contributed by atoms with Crippen molar-refractivity contribution in [1.82, 2.24) is 10.2 Å². The third-order valence-electron chi connectivity index (χ3n) is 5.29. The van der Waals surface area contributed by atoms with Gasteiger partial charge in [0.25, 0.3) is 5.91 Å². The Kier molecular flexibility index (Phi) is 6.98. The molecule has 3 aromatic rings. The highest BCUT2D eigenvalue weighted by Gasteiger charge is 2.33. The highest BCUT2D eigenvalue weighted by Crippen LogP contribution is 2.35. The van der Waals surface area contributed by atoms with E-state index in [-0.39, 0.29) is 24.7 Å². The van der Waals surface area contributed by atoms with Gasteiger partial charge in [-0.3, -0.25) is 9.69 Å². The van der Waals surface area contributed by atoms with Gasteiger partial charge < -0.3 is 14.8 Å². The summed E-state index contributed by atoms with van der Waals surface area (Å²) in [7, 11) is 1.50. The molecule has 0 spiro atoms. The van der Waals surface area contributed by atoms with Crippen LogP contribution in [0.3, 0.4) is 0 Å². The van der Waals surface area contributed by atoms with E-state index in [9.17, 15) is 14.0 Å². The van der Waals surface area contributed by atoms with Gasteiger partial charge in [0, 0.05) is 4.47 Å². The van der Waals surface area contributed by atoms with Gasteiger partial charge in [0.05, 0.1) is 13.7 Å². The molecule has 0 unspecified atom stereocenters. The zero-order valence-electron chi connectivity index (χ0n) is 18.6. The maximum absolute atomic E-state index is 13.4. The summed E-state index contributed by atoms with van der Waals surface area (Å²) < 4.78 is 25.3. The maximum Gasteiger partial charge on any atom is 0.329 e. The molecule has 3 amide bonds. The van der Waals surface area contributed by atoms with Crippen LogP contribution in [0.5, 0.6) is 11.5 Å². The van der Waals surface area contributed by atoms with Crippen LogP contribution in [-0.4, -0.2) is 23.9 Å². The van der Waals surface area contributed by atoms with Crippen LogP contribution >= 0.6 is 15.9 Å². The van der Waals surface area contributed by atoms with Crippen LogP contribution in [0.15, 0.2) is 70.8 Å². The van der Waals surface area contributed by atoms with Crippen LogP contribution in [0.25, 0.3) is 6.08 Å². The molecule has 3 aromatic carbocycles. The van der Waals surface area contributed by atoms with Gasteiger partial charge in [-0.1, -0.05) is 57.9 Å². The van der Waals surface area contributed by atoms with Gasteiger partial charge in [0.15, 0.2) is 11.5 Å². The average Bonchev–Trinajstić information content (AvgIpc) is 3.07. The summed E-state index contributed by atoms with van der Waals surface area (Å²) in [5.74, 6) is 0.127. The maximum atomic E-state index is 13.4. The predicted octanol–water partition coefficient (Wildman–Crippen LogP) is 5.58. The van der Waals surface area contributed by atoms with Gasteiger partial charge in [-0.2, -0.15) is 0 Å². The molecule has 0 aliphatic carbocycles. The van der Waals surface area contributed by atoms with Crippen molar-refractivity contribution in [3.05, 3.63) is 98.9 Å². The predicted molar refractivity (Wildman–Crippen MR) is 130 cm³/mol. The molecular weight excluding hydrogens is 503 g/mol. The number of methoxy groups -OCH3 is 1. The number of imide groups is 1. The number of aryl methyl sites for hydroxylation is 1. The molecule has 8 heteroatoms. The second kappa shape index (κ2) is 10.1. The number of rotatable bonds is 7. The minimum Gasteiger partial charge on any atom is -0.493 e. The Morgan fingerprint density at radius 1 is 1.03 bits per heavy atom. The van der Waals surface area contributed by atoms with Gasteiger partial charge in [-0.05, 0) is 54.0 Å². The molecule has 1 aliphatic heterocycles. The van der Waals surface area contributed by atoms with E-state index in [1.807, 2.05) is 31.2 Å². The molecule has 0 atom stereocenters. The van der Waals surface area contributed by atoms with Gasteiger partial charge >= 0.3 is 6.03 Å². The molecule has 1 heterocycles. The smallest absolute Gasteiger partial charge is 0.329 e. The molecular formula is C26H22BrFN2O4. The fourth-order valence-corrected chi connectivity index (χ4v) is 3.91. The van der Waals surface area contributed by atoms with Crippen molar-refractivity contribution < 1.29 is 23.5 Å². The molecule has 0 radical (unpaired) electrons.